The maximum Gasteiger partial charge on any atom is 0.407 e. The summed E-state index contributed by atoms with van der Waals surface area (Å²) in [6.45, 7) is 5.68. The van der Waals surface area contributed by atoms with Crippen molar-refractivity contribution in [3.8, 4) is 5.75 Å². The number of carbonyl (C=O) groups excluding carboxylic acids is 1. The summed E-state index contributed by atoms with van der Waals surface area (Å²) in [5.74, 6) is 0.346. The van der Waals surface area contributed by atoms with Crippen molar-refractivity contribution in [3.63, 3.8) is 0 Å². The lowest BCUT2D eigenvalue weighted by atomic mass is 10.0. The molecule has 0 fully saturated rings. The summed E-state index contributed by atoms with van der Waals surface area (Å²) in [6.07, 6.45) is -2.53. The van der Waals surface area contributed by atoms with Crippen LogP contribution in [-0.4, -0.2) is 34.8 Å². The molecule has 0 radical (unpaired) electrons. The first kappa shape index (κ1) is 20.5. The van der Waals surface area contributed by atoms with E-state index in [1.54, 1.807) is 20.8 Å². The van der Waals surface area contributed by atoms with Crippen LogP contribution >= 0.6 is 11.6 Å². The number of hydrogen-bond donors (Lipinski definition) is 2. The molecule has 0 unspecified atom stereocenters. The van der Waals surface area contributed by atoms with E-state index in [2.05, 4.69) is 5.32 Å². The quantitative estimate of drug-likeness (QED) is 0.641. The van der Waals surface area contributed by atoms with Crippen LogP contribution in [0, 0.1) is 0 Å². The van der Waals surface area contributed by atoms with E-state index in [4.69, 9.17) is 22.4 Å². The summed E-state index contributed by atoms with van der Waals surface area (Å²) in [7, 11) is 0. The second-order valence-corrected chi connectivity index (χ2v) is 7.71. The Bertz CT molecular complexity index is 776. The fraction of sp³-hybridized carbons (Fsp3) is 0.409. The molecule has 1 amide bonds. The van der Waals surface area contributed by atoms with E-state index in [1.807, 2.05) is 54.6 Å². The molecule has 2 aromatic rings. The molecule has 6 heteroatoms. The summed E-state index contributed by atoms with van der Waals surface area (Å²) in [4.78, 5) is 12.1. The first-order valence-corrected chi connectivity index (χ1v) is 9.66. The molecule has 5 nitrogen and oxygen atoms in total. The predicted molar refractivity (Wildman–Crippen MR) is 111 cm³/mol. The van der Waals surface area contributed by atoms with E-state index in [0.29, 0.717) is 12.4 Å². The second-order valence-electron chi connectivity index (χ2n) is 7.45. The highest BCUT2D eigenvalue weighted by Crippen LogP contribution is 2.17. The second kappa shape index (κ2) is 10.3. The van der Waals surface area contributed by atoms with Gasteiger partial charge in [0.1, 0.15) is 18.0 Å². The van der Waals surface area contributed by atoms with Gasteiger partial charge in [-0.3, -0.25) is 0 Å². The first-order valence-electron chi connectivity index (χ1n) is 9.62. The standard InChI is InChI=1S/C22H28ClNO4/c1-22(2,3)28-21(26)24-19(20(25)14-23)13-16-9-11-18(12-10-16)27-15-17-7-5-4-6-8-17/h4-12,19-20,25H,13-15H2,1-3H3,(H,24,26)/t19-,20+/m0/s1/i20D. The smallest absolute Gasteiger partial charge is 0.407 e. The molecule has 0 bridgehead atoms. The van der Waals surface area contributed by atoms with Crippen molar-refractivity contribution in [2.24, 2.45) is 0 Å². The maximum atomic E-state index is 12.1. The van der Waals surface area contributed by atoms with Gasteiger partial charge in [-0.15, -0.1) is 11.6 Å². The molecule has 152 valence electrons. The SMILES string of the molecule is [2H][C@@](O)(CCl)[C@H](Cc1ccc(OCc2ccccc2)cc1)NC(=O)OC(C)(C)C. The van der Waals surface area contributed by atoms with Crippen LogP contribution in [0.3, 0.4) is 0 Å². The van der Waals surface area contributed by atoms with Crippen molar-refractivity contribution in [1.82, 2.24) is 5.32 Å². The molecule has 0 aromatic heterocycles. The molecular weight excluding hydrogens is 378 g/mol. The minimum atomic E-state index is -2.04. The fourth-order valence-electron chi connectivity index (χ4n) is 2.49. The van der Waals surface area contributed by atoms with E-state index >= 15 is 0 Å². The molecule has 2 N–H and O–H groups in total. The number of carbonyl (C=O) groups is 1. The Kier molecular flexibility index (Phi) is 7.57. The van der Waals surface area contributed by atoms with Crippen molar-refractivity contribution in [2.45, 2.75) is 51.5 Å². The van der Waals surface area contributed by atoms with Gasteiger partial charge in [0, 0.05) is 0 Å². The summed E-state index contributed by atoms with van der Waals surface area (Å²) < 4.78 is 19.0. The van der Waals surface area contributed by atoms with Gasteiger partial charge in [-0.1, -0.05) is 42.5 Å². The molecule has 0 heterocycles. The van der Waals surface area contributed by atoms with Crippen molar-refractivity contribution in [1.29, 1.82) is 0 Å². The van der Waals surface area contributed by atoms with Crippen molar-refractivity contribution < 1.29 is 20.7 Å². The van der Waals surface area contributed by atoms with Crippen LogP contribution in [0.5, 0.6) is 5.75 Å². The van der Waals surface area contributed by atoms with Gasteiger partial charge in [0.15, 0.2) is 0 Å². The Balaban J connectivity index is 2.01. The largest absolute Gasteiger partial charge is 0.489 e. The zero-order valence-corrected chi connectivity index (χ0v) is 17.2. The van der Waals surface area contributed by atoms with Crippen LogP contribution in [-0.2, 0) is 17.8 Å². The normalized spacial score (nSPS) is 15.1. The van der Waals surface area contributed by atoms with Gasteiger partial charge in [-0.2, -0.15) is 0 Å². The Morgan fingerprint density at radius 3 is 2.36 bits per heavy atom. The zero-order valence-electron chi connectivity index (χ0n) is 17.4. The molecular formula is C22H28ClNO4. The Morgan fingerprint density at radius 1 is 1.14 bits per heavy atom. The third-order valence-electron chi connectivity index (χ3n) is 3.84. The van der Waals surface area contributed by atoms with Crippen LogP contribution < -0.4 is 10.1 Å². The topological polar surface area (TPSA) is 67.8 Å². The lowest BCUT2D eigenvalue weighted by Gasteiger charge is -2.26. The van der Waals surface area contributed by atoms with Gasteiger partial charge in [0.05, 0.1) is 19.4 Å². The number of ether oxygens (including phenoxy) is 2. The third-order valence-corrected chi connectivity index (χ3v) is 4.12. The van der Waals surface area contributed by atoms with E-state index in [1.165, 1.54) is 0 Å². The molecule has 2 rings (SSSR count). The van der Waals surface area contributed by atoms with Crippen molar-refractivity contribution in [2.75, 3.05) is 5.88 Å². The van der Waals surface area contributed by atoms with Crippen molar-refractivity contribution in [3.05, 3.63) is 65.7 Å². The Labute approximate surface area is 173 Å². The molecule has 0 saturated carbocycles. The van der Waals surface area contributed by atoms with Gasteiger partial charge in [-0.05, 0) is 50.5 Å². The highest BCUT2D eigenvalue weighted by atomic mass is 35.5. The molecule has 28 heavy (non-hydrogen) atoms. The van der Waals surface area contributed by atoms with Crippen LogP contribution in [0.25, 0.3) is 0 Å². The molecule has 0 aliphatic heterocycles. The van der Waals surface area contributed by atoms with Crippen molar-refractivity contribution >= 4 is 17.7 Å². The van der Waals surface area contributed by atoms with Crippen LogP contribution in [0.4, 0.5) is 4.79 Å². The molecule has 2 aromatic carbocycles. The number of alkyl carbamates (subject to hydrolysis) is 1. The Hall–Kier alpha value is -2.24. The van der Waals surface area contributed by atoms with Crippen LogP contribution in [0.15, 0.2) is 54.6 Å². The number of rotatable bonds is 8. The molecule has 0 aliphatic rings. The molecule has 2 atom stereocenters. The minimum absolute atomic E-state index is 0.213. The average molecular weight is 407 g/mol. The number of halogens is 1. The number of benzene rings is 2. The number of alkyl halides is 1. The van der Waals surface area contributed by atoms with Crippen LogP contribution in [0.1, 0.15) is 33.3 Å². The molecule has 0 saturated heterocycles. The summed E-state index contributed by atoms with van der Waals surface area (Å²) >= 11 is 5.75. The van der Waals surface area contributed by atoms with E-state index in [9.17, 15) is 9.90 Å². The summed E-state index contributed by atoms with van der Waals surface area (Å²) in [5.41, 5.74) is 1.20. The number of nitrogens with one attached hydrogen (secondary N) is 1. The first-order chi connectivity index (χ1) is 13.6. The lowest BCUT2D eigenvalue weighted by molar-refractivity contribution is 0.0440. The predicted octanol–water partition coefficient (Wildman–Crippen LogP) is 4.30. The van der Waals surface area contributed by atoms with Gasteiger partial charge in [0.25, 0.3) is 0 Å². The Morgan fingerprint density at radius 2 is 1.79 bits per heavy atom. The average Bonchev–Trinajstić information content (AvgIpc) is 2.66. The lowest BCUT2D eigenvalue weighted by Crippen LogP contribution is -2.47. The maximum absolute atomic E-state index is 12.1. The van der Waals surface area contributed by atoms with Gasteiger partial charge in [-0.25, -0.2) is 4.79 Å². The minimum Gasteiger partial charge on any atom is -0.489 e. The number of aliphatic hydroxyl groups is 1. The van der Waals surface area contributed by atoms with Gasteiger partial charge >= 0.3 is 6.09 Å². The van der Waals surface area contributed by atoms with Gasteiger partial charge < -0.3 is 19.9 Å². The van der Waals surface area contributed by atoms with E-state index in [-0.39, 0.29) is 12.3 Å². The highest BCUT2D eigenvalue weighted by Gasteiger charge is 2.24. The third kappa shape index (κ3) is 7.79. The fourth-order valence-corrected chi connectivity index (χ4v) is 2.68. The number of hydrogen-bond acceptors (Lipinski definition) is 4. The summed E-state index contributed by atoms with van der Waals surface area (Å²) in [6, 6.07) is 16.2. The van der Waals surface area contributed by atoms with Crippen LogP contribution in [0.2, 0.25) is 0 Å². The van der Waals surface area contributed by atoms with E-state index in [0.717, 1.165) is 11.1 Å². The molecule has 0 aliphatic carbocycles. The van der Waals surface area contributed by atoms with Gasteiger partial charge in [0.2, 0.25) is 0 Å². The monoisotopic (exact) mass is 406 g/mol. The zero-order chi connectivity index (χ0) is 21.5. The highest BCUT2D eigenvalue weighted by molar-refractivity contribution is 6.18. The van der Waals surface area contributed by atoms with E-state index < -0.39 is 23.8 Å². The molecule has 0 spiro atoms. The number of amides is 1. The summed E-state index contributed by atoms with van der Waals surface area (Å²) in [5, 5.41) is 12.9.